The third-order valence-corrected chi connectivity index (χ3v) is 6.55. The zero-order valence-corrected chi connectivity index (χ0v) is 20.5. The first-order chi connectivity index (χ1) is 17.7. The fourth-order valence-electron chi connectivity index (χ4n) is 4.59. The van der Waals surface area contributed by atoms with Crippen LogP contribution in [0.1, 0.15) is 30.4 Å². The number of methoxy groups -OCH3 is 1. The number of anilines is 1. The van der Waals surface area contributed by atoms with E-state index in [4.69, 9.17) is 13.9 Å². The molecule has 1 saturated heterocycles. The molecule has 2 heterocycles. The maximum Gasteiger partial charge on any atom is 0.298 e. The lowest BCUT2D eigenvalue weighted by atomic mass is 10.1. The second kappa shape index (κ2) is 11.2. The van der Waals surface area contributed by atoms with Gasteiger partial charge in [-0.15, -0.1) is 0 Å². The van der Waals surface area contributed by atoms with E-state index in [9.17, 15) is 4.79 Å². The summed E-state index contributed by atoms with van der Waals surface area (Å²) in [5.41, 5.74) is 3.76. The first-order valence-electron chi connectivity index (χ1n) is 12.4. The number of nitrogens with zero attached hydrogens (tertiary/aromatic N) is 2. The van der Waals surface area contributed by atoms with Crippen molar-refractivity contribution in [2.75, 3.05) is 25.1 Å². The lowest BCUT2D eigenvalue weighted by molar-refractivity contribution is -0.121. The van der Waals surface area contributed by atoms with Crippen LogP contribution in [0.2, 0.25) is 0 Å². The van der Waals surface area contributed by atoms with Crippen molar-refractivity contribution in [2.45, 2.75) is 38.3 Å². The van der Waals surface area contributed by atoms with Crippen LogP contribution in [0.3, 0.4) is 0 Å². The van der Waals surface area contributed by atoms with Crippen LogP contribution in [0.25, 0.3) is 11.1 Å². The molecule has 1 fully saturated rings. The molecule has 1 N–H and O–H groups in total. The van der Waals surface area contributed by atoms with Gasteiger partial charge >= 0.3 is 0 Å². The second-order valence-corrected chi connectivity index (χ2v) is 9.02. The molecule has 3 aromatic carbocycles. The van der Waals surface area contributed by atoms with Crippen LogP contribution < -0.4 is 19.7 Å². The van der Waals surface area contributed by atoms with Crippen molar-refractivity contribution in [1.29, 1.82) is 0 Å². The number of nitrogens with one attached hydrogen (secondary N) is 1. The van der Waals surface area contributed by atoms with Crippen LogP contribution in [0.15, 0.2) is 77.2 Å². The number of para-hydroxylation sites is 2. The number of ether oxygens (including phenoxy) is 2. The Morgan fingerprint density at radius 1 is 1.06 bits per heavy atom. The van der Waals surface area contributed by atoms with E-state index in [0.717, 1.165) is 41.6 Å². The van der Waals surface area contributed by atoms with Crippen LogP contribution in [0, 0.1) is 0 Å². The van der Waals surface area contributed by atoms with Gasteiger partial charge in [0.2, 0.25) is 5.91 Å². The molecule has 1 unspecified atom stereocenters. The van der Waals surface area contributed by atoms with Gasteiger partial charge < -0.3 is 24.1 Å². The first kappa shape index (κ1) is 23.7. The van der Waals surface area contributed by atoms with Crippen LogP contribution in [-0.2, 0) is 17.8 Å². The van der Waals surface area contributed by atoms with Crippen molar-refractivity contribution in [3.05, 3.63) is 83.9 Å². The van der Waals surface area contributed by atoms with Crippen molar-refractivity contribution >= 4 is 23.0 Å². The molecule has 4 aromatic rings. The Hall–Kier alpha value is -4.00. The summed E-state index contributed by atoms with van der Waals surface area (Å²) in [7, 11) is 1.63. The van der Waals surface area contributed by atoms with Crippen molar-refractivity contribution in [1.82, 2.24) is 10.3 Å². The number of aryl methyl sites for hydroxylation is 1. The molecule has 186 valence electrons. The molecule has 36 heavy (non-hydrogen) atoms. The predicted octanol–water partition coefficient (Wildman–Crippen LogP) is 5.13. The number of hydrogen-bond acceptors (Lipinski definition) is 6. The summed E-state index contributed by atoms with van der Waals surface area (Å²) in [6, 6.07) is 24.4. The summed E-state index contributed by atoms with van der Waals surface area (Å²) in [6.45, 7) is 1.91. The Bertz CT molecular complexity index is 1270. The van der Waals surface area contributed by atoms with E-state index in [2.05, 4.69) is 15.2 Å². The number of benzene rings is 3. The number of amides is 1. The summed E-state index contributed by atoms with van der Waals surface area (Å²) in [6.07, 6.45) is 3.08. The average molecular weight is 486 g/mol. The Labute approximate surface area is 211 Å². The smallest absolute Gasteiger partial charge is 0.298 e. The van der Waals surface area contributed by atoms with E-state index >= 15 is 0 Å². The molecule has 0 spiro atoms. The number of carbonyl (C=O) groups is 1. The highest BCUT2D eigenvalue weighted by molar-refractivity contribution is 5.76. The van der Waals surface area contributed by atoms with Crippen molar-refractivity contribution in [3.63, 3.8) is 0 Å². The number of fused-ring (bicyclic) bond motifs is 1. The molecule has 1 aromatic heterocycles. The normalized spacial score (nSPS) is 15.2. The molecule has 1 atom stereocenters. The molecule has 7 heteroatoms. The van der Waals surface area contributed by atoms with Crippen molar-refractivity contribution in [2.24, 2.45) is 0 Å². The van der Waals surface area contributed by atoms with Crippen LogP contribution in [0.5, 0.6) is 11.5 Å². The number of aromatic nitrogens is 1. The minimum Gasteiger partial charge on any atom is -0.493 e. The minimum atomic E-state index is 0.0296. The Kier molecular flexibility index (Phi) is 7.36. The molecule has 0 aliphatic carbocycles. The topological polar surface area (TPSA) is 76.8 Å². The fraction of sp³-hybridized carbons (Fsp3) is 0.310. The molecular weight excluding hydrogens is 454 g/mol. The van der Waals surface area contributed by atoms with Gasteiger partial charge in [0.25, 0.3) is 6.01 Å². The van der Waals surface area contributed by atoms with E-state index in [1.807, 2.05) is 72.8 Å². The zero-order valence-electron chi connectivity index (χ0n) is 20.5. The lowest BCUT2D eigenvalue weighted by Crippen LogP contribution is -2.40. The van der Waals surface area contributed by atoms with E-state index in [0.29, 0.717) is 43.5 Å². The van der Waals surface area contributed by atoms with E-state index in [-0.39, 0.29) is 11.9 Å². The monoisotopic (exact) mass is 485 g/mol. The van der Waals surface area contributed by atoms with Crippen LogP contribution in [0.4, 0.5) is 6.01 Å². The predicted molar refractivity (Wildman–Crippen MR) is 139 cm³/mol. The summed E-state index contributed by atoms with van der Waals surface area (Å²) < 4.78 is 17.4. The zero-order chi connectivity index (χ0) is 24.7. The molecule has 0 saturated carbocycles. The third kappa shape index (κ3) is 5.62. The van der Waals surface area contributed by atoms with E-state index in [1.165, 1.54) is 0 Å². The Morgan fingerprint density at radius 2 is 1.89 bits per heavy atom. The van der Waals surface area contributed by atoms with Gasteiger partial charge in [0, 0.05) is 19.5 Å². The summed E-state index contributed by atoms with van der Waals surface area (Å²) in [4.78, 5) is 19.4. The molecule has 1 amide bonds. The van der Waals surface area contributed by atoms with Crippen molar-refractivity contribution < 1.29 is 18.7 Å². The molecule has 1 aliphatic heterocycles. The second-order valence-electron chi connectivity index (χ2n) is 9.02. The average Bonchev–Trinajstić information content (AvgIpc) is 3.57. The largest absolute Gasteiger partial charge is 0.493 e. The molecule has 0 radical (unpaired) electrons. The van der Waals surface area contributed by atoms with Gasteiger partial charge in [0.05, 0.1) is 13.2 Å². The standard InChI is InChI=1S/C29H31N3O4/c1-34-26-15-13-21(18-27(26)35-20-22-8-3-2-4-9-22)14-16-28(33)30-19-23-10-7-17-32(23)29-31-24-11-5-6-12-25(24)36-29/h2-6,8-9,11-13,15,18,23H,7,10,14,16-17,19-20H2,1H3,(H,30,33). The minimum absolute atomic E-state index is 0.0296. The molecule has 0 bridgehead atoms. The van der Waals surface area contributed by atoms with E-state index in [1.54, 1.807) is 7.11 Å². The van der Waals surface area contributed by atoms with Gasteiger partial charge in [0.15, 0.2) is 17.1 Å². The fourth-order valence-corrected chi connectivity index (χ4v) is 4.59. The number of oxazole rings is 1. The van der Waals surface area contributed by atoms with Gasteiger partial charge in [-0.05, 0) is 54.7 Å². The number of carbonyl (C=O) groups excluding carboxylic acids is 1. The Balaban J connectivity index is 1.14. The molecule has 7 nitrogen and oxygen atoms in total. The van der Waals surface area contributed by atoms with Crippen LogP contribution >= 0.6 is 0 Å². The maximum atomic E-state index is 12.7. The molecule has 5 rings (SSSR count). The highest BCUT2D eigenvalue weighted by atomic mass is 16.5. The highest BCUT2D eigenvalue weighted by Gasteiger charge is 2.28. The van der Waals surface area contributed by atoms with Gasteiger partial charge in [-0.2, -0.15) is 4.98 Å². The Morgan fingerprint density at radius 3 is 2.72 bits per heavy atom. The van der Waals surface area contributed by atoms with E-state index < -0.39 is 0 Å². The van der Waals surface area contributed by atoms with Crippen LogP contribution in [-0.4, -0.2) is 37.1 Å². The summed E-state index contributed by atoms with van der Waals surface area (Å²) in [5.74, 6) is 1.39. The quantitative estimate of drug-likeness (QED) is 0.335. The number of rotatable bonds is 10. The SMILES string of the molecule is COc1ccc(CCC(=O)NCC2CCCN2c2nc3ccccc3o2)cc1OCc1ccccc1. The number of hydrogen-bond donors (Lipinski definition) is 1. The first-order valence-corrected chi connectivity index (χ1v) is 12.4. The van der Waals surface area contributed by atoms with Gasteiger partial charge in [-0.25, -0.2) is 0 Å². The highest BCUT2D eigenvalue weighted by Crippen LogP contribution is 2.30. The summed E-state index contributed by atoms with van der Waals surface area (Å²) >= 11 is 0. The maximum absolute atomic E-state index is 12.7. The molecular formula is C29H31N3O4. The van der Waals surface area contributed by atoms with Gasteiger partial charge in [0.1, 0.15) is 12.1 Å². The molecule has 1 aliphatic rings. The lowest BCUT2D eigenvalue weighted by Gasteiger charge is -2.23. The van der Waals surface area contributed by atoms with Gasteiger partial charge in [-0.3, -0.25) is 4.79 Å². The third-order valence-electron chi connectivity index (χ3n) is 6.55. The van der Waals surface area contributed by atoms with Crippen molar-refractivity contribution in [3.8, 4) is 11.5 Å². The summed E-state index contributed by atoms with van der Waals surface area (Å²) in [5, 5.41) is 3.11. The van der Waals surface area contributed by atoms with Gasteiger partial charge in [-0.1, -0.05) is 48.5 Å².